The highest BCUT2D eigenvalue weighted by molar-refractivity contribution is 14.0. The molecule has 0 aliphatic carbocycles. The molecule has 4 nitrogen and oxygen atoms in total. The summed E-state index contributed by atoms with van der Waals surface area (Å²) in [6, 6.07) is 10.9. The molecule has 0 radical (unpaired) electrons. The SMILES string of the molecule is CCNC(=NCCCCOCCc1ccccc1)NC(C)C(C)C.I. The van der Waals surface area contributed by atoms with E-state index < -0.39 is 0 Å². The van der Waals surface area contributed by atoms with E-state index in [9.17, 15) is 0 Å². The second kappa shape index (κ2) is 15.4. The van der Waals surface area contributed by atoms with Gasteiger partial charge in [-0.2, -0.15) is 0 Å². The average molecular weight is 461 g/mol. The highest BCUT2D eigenvalue weighted by Gasteiger charge is 2.08. The fraction of sp³-hybridized carbons (Fsp3) is 0.650. The predicted molar refractivity (Wildman–Crippen MR) is 119 cm³/mol. The number of unbranched alkanes of at least 4 members (excludes halogenated alkanes) is 1. The van der Waals surface area contributed by atoms with E-state index in [1.807, 2.05) is 6.07 Å². The number of hydrogen-bond donors (Lipinski definition) is 2. The summed E-state index contributed by atoms with van der Waals surface area (Å²) < 4.78 is 5.71. The van der Waals surface area contributed by atoms with Crippen molar-refractivity contribution in [1.82, 2.24) is 10.6 Å². The molecule has 0 amide bonds. The lowest BCUT2D eigenvalue weighted by Gasteiger charge is -2.20. The van der Waals surface area contributed by atoms with E-state index in [-0.39, 0.29) is 24.0 Å². The molecule has 1 aromatic carbocycles. The minimum Gasteiger partial charge on any atom is -0.381 e. The van der Waals surface area contributed by atoms with E-state index in [0.29, 0.717) is 12.0 Å². The maximum absolute atomic E-state index is 5.71. The van der Waals surface area contributed by atoms with E-state index >= 15 is 0 Å². The summed E-state index contributed by atoms with van der Waals surface area (Å²) in [5.41, 5.74) is 1.34. The molecule has 1 aromatic rings. The highest BCUT2D eigenvalue weighted by Crippen LogP contribution is 2.01. The summed E-state index contributed by atoms with van der Waals surface area (Å²) in [6.45, 7) is 12.1. The van der Waals surface area contributed by atoms with E-state index in [2.05, 4.69) is 67.6 Å². The van der Waals surface area contributed by atoms with Crippen LogP contribution in [0.4, 0.5) is 0 Å². The van der Waals surface area contributed by atoms with Gasteiger partial charge in [0.2, 0.25) is 0 Å². The molecule has 25 heavy (non-hydrogen) atoms. The van der Waals surface area contributed by atoms with Gasteiger partial charge in [-0.3, -0.25) is 4.99 Å². The van der Waals surface area contributed by atoms with Gasteiger partial charge in [0.25, 0.3) is 0 Å². The first-order chi connectivity index (χ1) is 11.6. The lowest BCUT2D eigenvalue weighted by atomic mass is 10.1. The third kappa shape index (κ3) is 12.2. The molecule has 0 heterocycles. The Kier molecular flexibility index (Phi) is 14.9. The number of benzene rings is 1. The first-order valence-electron chi connectivity index (χ1n) is 9.30. The number of hydrogen-bond acceptors (Lipinski definition) is 2. The van der Waals surface area contributed by atoms with E-state index in [1.165, 1.54) is 5.56 Å². The maximum Gasteiger partial charge on any atom is 0.191 e. The van der Waals surface area contributed by atoms with Crippen LogP contribution in [0.2, 0.25) is 0 Å². The third-order valence-corrected chi connectivity index (χ3v) is 4.05. The molecule has 0 aromatic heterocycles. The number of nitrogens with one attached hydrogen (secondary N) is 2. The van der Waals surface area contributed by atoms with Crippen LogP contribution < -0.4 is 10.6 Å². The third-order valence-electron chi connectivity index (χ3n) is 4.05. The molecule has 0 saturated heterocycles. The molecular weight excluding hydrogens is 425 g/mol. The van der Waals surface area contributed by atoms with Gasteiger partial charge in [-0.05, 0) is 44.6 Å². The van der Waals surface area contributed by atoms with Gasteiger partial charge in [-0.15, -0.1) is 24.0 Å². The van der Waals surface area contributed by atoms with E-state index in [1.54, 1.807) is 0 Å². The van der Waals surface area contributed by atoms with Crippen LogP contribution in [0, 0.1) is 5.92 Å². The topological polar surface area (TPSA) is 45.7 Å². The van der Waals surface area contributed by atoms with Crippen molar-refractivity contribution in [1.29, 1.82) is 0 Å². The first kappa shape index (κ1) is 24.2. The molecule has 0 aliphatic heterocycles. The highest BCUT2D eigenvalue weighted by atomic mass is 127. The molecule has 0 saturated carbocycles. The minimum atomic E-state index is 0. The Morgan fingerprint density at radius 2 is 1.80 bits per heavy atom. The Labute approximate surface area is 171 Å². The molecule has 0 aliphatic rings. The number of ether oxygens (including phenoxy) is 1. The second-order valence-electron chi connectivity index (χ2n) is 6.49. The summed E-state index contributed by atoms with van der Waals surface area (Å²) in [5, 5.41) is 6.76. The molecular formula is C20H36IN3O. The van der Waals surface area contributed by atoms with Crippen LogP contribution in [-0.2, 0) is 11.2 Å². The summed E-state index contributed by atoms with van der Waals surface area (Å²) in [7, 11) is 0. The van der Waals surface area contributed by atoms with Gasteiger partial charge in [0.1, 0.15) is 0 Å². The molecule has 0 bridgehead atoms. The predicted octanol–water partition coefficient (Wildman–Crippen LogP) is 4.24. The lowest BCUT2D eigenvalue weighted by molar-refractivity contribution is 0.134. The lowest BCUT2D eigenvalue weighted by Crippen LogP contribution is -2.44. The maximum atomic E-state index is 5.71. The molecule has 0 spiro atoms. The zero-order valence-corrected chi connectivity index (χ0v) is 18.6. The normalized spacial score (nSPS) is 12.6. The van der Waals surface area contributed by atoms with Gasteiger partial charge in [-0.1, -0.05) is 44.2 Å². The standard InChI is InChI=1S/C20H35N3O.HI/c1-5-21-20(23-18(4)17(2)3)22-14-9-10-15-24-16-13-19-11-7-6-8-12-19;/h6-8,11-12,17-18H,5,9-10,13-16H2,1-4H3,(H2,21,22,23);1H. The number of aliphatic imine (C=N–C) groups is 1. The number of rotatable bonds is 11. The van der Waals surface area contributed by atoms with E-state index in [4.69, 9.17) is 4.74 Å². The Morgan fingerprint density at radius 3 is 2.44 bits per heavy atom. The van der Waals surface area contributed by atoms with Crippen molar-refractivity contribution in [3.05, 3.63) is 35.9 Å². The van der Waals surface area contributed by atoms with Gasteiger partial charge in [0.15, 0.2) is 5.96 Å². The summed E-state index contributed by atoms with van der Waals surface area (Å²) in [5.74, 6) is 1.51. The van der Waals surface area contributed by atoms with Gasteiger partial charge < -0.3 is 15.4 Å². The molecule has 1 atom stereocenters. The van der Waals surface area contributed by atoms with Crippen molar-refractivity contribution >= 4 is 29.9 Å². The van der Waals surface area contributed by atoms with Crippen molar-refractivity contribution in [3.8, 4) is 0 Å². The van der Waals surface area contributed by atoms with Gasteiger partial charge in [0, 0.05) is 25.7 Å². The number of nitrogens with zero attached hydrogens (tertiary/aromatic N) is 1. The van der Waals surface area contributed by atoms with Gasteiger partial charge >= 0.3 is 0 Å². The molecule has 5 heteroatoms. The van der Waals surface area contributed by atoms with Crippen LogP contribution in [-0.4, -0.2) is 38.3 Å². The Morgan fingerprint density at radius 1 is 1.08 bits per heavy atom. The summed E-state index contributed by atoms with van der Waals surface area (Å²) in [4.78, 5) is 4.64. The van der Waals surface area contributed by atoms with Crippen LogP contribution in [0.15, 0.2) is 35.3 Å². The molecule has 2 N–H and O–H groups in total. The van der Waals surface area contributed by atoms with Crippen LogP contribution in [0.25, 0.3) is 0 Å². The average Bonchev–Trinajstić information content (AvgIpc) is 2.58. The van der Waals surface area contributed by atoms with Crippen LogP contribution in [0.1, 0.15) is 46.1 Å². The van der Waals surface area contributed by atoms with Crippen LogP contribution in [0.3, 0.4) is 0 Å². The van der Waals surface area contributed by atoms with Gasteiger partial charge in [-0.25, -0.2) is 0 Å². The van der Waals surface area contributed by atoms with Crippen LogP contribution in [0.5, 0.6) is 0 Å². The quantitative estimate of drug-likeness (QED) is 0.224. The monoisotopic (exact) mass is 461 g/mol. The summed E-state index contributed by atoms with van der Waals surface area (Å²) >= 11 is 0. The molecule has 144 valence electrons. The van der Waals surface area contributed by atoms with Crippen molar-refractivity contribution < 1.29 is 4.74 Å². The van der Waals surface area contributed by atoms with Crippen LogP contribution >= 0.6 is 24.0 Å². The van der Waals surface area contributed by atoms with Crippen molar-refractivity contribution in [2.45, 2.75) is 53.0 Å². The zero-order chi connectivity index (χ0) is 17.6. The number of halogens is 1. The van der Waals surface area contributed by atoms with Crippen molar-refractivity contribution in [3.63, 3.8) is 0 Å². The van der Waals surface area contributed by atoms with Crippen molar-refractivity contribution in [2.75, 3.05) is 26.3 Å². The Bertz CT molecular complexity index is 452. The minimum absolute atomic E-state index is 0. The smallest absolute Gasteiger partial charge is 0.191 e. The molecule has 1 unspecified atom stereocenters. The Balaban J connectivity index is 0.00000576. The fourth-order valence-electron chi connectivity index (χ4n) is 2.15. The second-order valence-corrected chi connectivity index (χ2v) is 6.49. The summed E-state index contributed by atoms with van der Waals surface area (Å²) in [6.07, 6.45) is 3.09. The first-order valence-corrected chi connectivity index (χ1v) is 9.30. The van der Waals surface area contributed by atoms with E-state index in [0.717, 1.165) is 51.5 Å². The number of guanidine groups is 1. The molecule has 1 rings (SSSR count). The Hall–Kier alpha value is -0.820. The fourth-order valence-corrected chi connectivity index (χ4v) is 2.15. The molecule has 0 fully saturated rings. The largest absolute Gasteiger partial charge is 0.381 e. The van der Waals surface area contributed by atoms with Gasteiger partial charge in [0.05, 0.1) is 6.61 Å². The zero-order valence-electron chi connectivity index (χ0n) is 16.3. The van der Waals surface area contributed by atoms with Crippen molar-refractivity contribution in [2.24, 2.45) is 10.9 Å².